The molecule has 0 atom stereocenters. The molecule has 0 fully saturated rings. The van der Waals surface area contributed by atoms with E-state index in [1.807, 2.05) is 0 Å². The molecule has 1 aromatic heterocycles. The number of aromatic nitrogens is 1. The molecule has 6 heteroatoms. The summed E-state index contributed by atoms with van der Waals surface area (Å²) in [6.45, 7) is 1.71. The van der Waals surface area contributed by atoms with Crippen LogP contribution in [0, 0.1) is 6.92 Å². The fraction of sp³-hybridized carbons (Fsp3) is 0.500. The number of hydrogen-bond donors (Lipinski definition) is 1. The van der Waals surface area contributed by atoms with Gasteiger partial charge in [0.1, 0.15) is 0 Å². The molecule has 0 unspecified atom stereocenters. The minimum atomic E-state index is -4.14. The molecule has 1 rings (SSSR count). The van der Waals surface area contributed by atoms with Crippen molar-refractivity contribution in [3.63, 3.8) is 0 Å². The Labute approximate surface area is 91.4 Å². The van der Waals surface area contributed by atoms with Crippen LogP contribution in [0.1, 0.15) is 18.5 Å². The summed E-state index contributed by atoms with van der Waals surface area (Å²) in [5, 5.41) is 0. The minimum Gasteiger partial charge on any atom is -0.476 e. The van der Waals surface area contributed by atoms with E-state index in [4.69, 9.17) is 10.5 Å². The van der Waals surface area contributed by atoms with E-state index in [1.54, 1.807) is 19.1 Å². The van der Waals surface area contributed by atoms with Gasteiger partial charge in [-0.05, 0) is 25.5 Å². The summed E-state index contributed by atoms with van der Waals surface area (Å²) < 4.78 is 40.6. The fourth-order valence-corrected chi connectivity index (χ4v) is 1.10. The molecule has 0 saturated carbocycles. The van der Waals surface area contributed by atoms with Crippen LogP contribution in [0.5, 0.6) is 5.88 Å². The van der Waals surface area contributed by atoms with Crippen molar-refractivity contribution in [2.24, 2.45) is 0 Å². The Bertz CT molecular complexity index is 352. The second-order valence-corrected chi connectivity index (χ2v) is 3.41. The highest BCUT2D eigenvalue weighted by Gasteiger charge is 2.26. The molecule has 0 radical (unpaired) electrons. The summed E-state index contributed by atoms with van der Waals surface area (Å²) in [6, 6.07) is 3.32. The summed E-state index contributed by atoms with van der Waals surface area (Å²) in [4.78, 5) is 3.98. The molecule has 16 heavy (non-hydrogen) atoms. The van der Waals surface area contributed by atoms with Crippen LogP contribution in [0.4, 0.5) is 18.9 Å². The molecule has 0 spiro atoms. The van der Waals surface area contributed by atoms with Gasteiger partial charge in [0.2, 0.25) is 5.88 Å². The zero-order valence-electron chi connectivity index (χ0n) is 8.84. The van der Waals surface area contributed by atoms with Crippen LogP contribution < -0.4 is 10.5 Å². The van der Waals surface area contributed by atoms with E-state index in [2.05, 4.69) is 4.98 Å². The first-order valence-electron chi connectivity index (χ1n) is 4.81. The first-order chi connectivity index (χ1) is 7.38. The number of aryl methyl sites for hydroxylation is 1. The van der Waals surface area contributed by atoms with Gasteiger partial charge in [0.25, 0.3) is 0 Å². The normalized spacial score (nSPS) is 11.5. The molecular weight excluding hydrogens is 221 g/mol. The Kier molecular flexibility index (Phi) is 3.98. The lowest BCUT2D eigenvalue weighted by Crippen LogP contribution is -2.10. The number of halogens is 3. The van der Waals surface area contributed by atoms with Crippen molar-refractivity contribution in [3.05, 3.63) is 17.8 Å². The maximum absolute atomic E-state index is 11.8. The van der Waals surface area contributed by atoms with Gasteiger partial charge >= 0.3 is 6.18 Å². The van der Waals surface area contributed by atoms with Crippen molar-refractivity contribution in [1.82, 2.24) is 4.98 Å². The average Bonchev–Trinajstić information content (AvgIpc) is 2.16. The number of alkyl halides is 3. The number of pyridine rings is 1. The van der Waals surface area contributed by atoms with Crippen molar-refractivity contribution in [2.75, 3.05) is 12.3 Å². The second kappa shape index (κ2) is 5.05. The van der Waals surface area contributed by atoms with Gasteiger partial charge in [-0.1, -0.05) is 0 Å². The van der Waals surface area contributed by atoms with Crippen LogP contribution in [-0.4, -0.2) is 17.8 Å². The largest absolute Gasteiger partial charge is 0.476 e. The van der Waals surface area contributed by atoms with Crippen molar-refractivity contribution in [1.29, 1.82) is 0 Å². The first kappa shape index (κ1) is 12.6. The highest BCUT2D eigenvalue weighted by molar-refractivity contribution is 5.48. The van der Waals surface area contributed by atoms with E-state index in [-0.39, 0.29) is 18.9 Å². The molecule has 90 valence electrons. The van der Waals surface area contributed by atoms with E-state index in [0.717, 1.165) is 0 Å². The van der Waals surface area contributed by atoms with E-state index >= 15 is 0 Å². The number of nitrogens with zero attached hydrogens (tertiary/aromatic N) is 1. The average molecular weight is 234 g/mol. The predicted octanol–water partition coefficient (Wildman–Crippen LogP) is 2.69. The van der Waals surface area contributed by atoms with Crippen LogP contribution in [0.25, 0.3) is 0 Å². The zero-order valence-corrected chi connectivity index (χ0v) is 8.84. The van der Waals surface area contributed by atoms with Crippen molar-refractivity contribution in [3.8, 4) is 5.88 Å². The molecule has 0 aromatic carbocycles. The molecule has 0 aliphatic heterocycles. The van der Waals surface area contributed by atoms with E-state index < -0.39 is 12.6 Å². The molecular formula is C10H13F3N2O. The van der Waals surface area contributed by atoms with Gasteiger partial charge in [-0.25, -0.2) is 4.98 Å². The maximum atomic E-state index is 11.8. The lowest BCUT2D eigenvalue weighted by atomic mass is 10.3. The minimum absolute atomic E-state index is 0.0415. The van der Waals surface area contributed by atoms with Crippen molar-refractivity contribution in [2.45, 2.75) is 25.9 Å². The number of nitrogens with two attached hydrogens (primary N) is 1. The highest BCUT2D eigenvalue weighted by atomic mass is 19.4. The maximum Gasteiger partial charge on any atom is 0.389 e. The summed E-state index contributed by atoms with van der Waals surface area (Å²) in [5.41, 5.74) is 6.59. The number of nitrogen functional groups attached to an aromatic ring is 1. The van der Waals surface area contributed by atoms with Crippen molar-refractivity contribution >= 4 is 5.69 Å². The second-order valence-electron chi connectivity index (χ2n) is 3.41. The van der Waals surface area contributed by atoms with E-state index in [9.17, 15) is 13.2 Å². The molecule has 0 bridgehead atoms. The van der Waals surface area contributed by atoms with Gasteiger partial charge in [-0.2, -0.15) is 13.2 Å². The monoisotopic (exact) mass is 234 g/mol. The van der Waals surface area contributed by atoms with Gasteiger partial charge in [0.05, 0.1) is 12.3 Å². The van der Waals surface area contributed by atoms with Gasteiger partial charge in [0, 0.05) is 12.1 Å². The summed E-state index contributed by atoms with van der Waals surface area (Å²) in [5.74, 6) is 0.196. The topological polar surface area (TPSA) is 48.1 Å². The molecule has 0 aliphatic rings. The number of ether oxygens (including phenoxy) is 1. The molecule has 3 nitrogen and oxygen atoms in total. The van der Waals surface area contributed by atoms with Gasteiger partial charge in [-0.3, -0.25) is 0 Å². The fourth-order valence-electron chi connectivity index (χ4n) is 1.10. The third-order valence-electron chi connectivity index (χ3n) is 1.87. The predicted molar refractivity (Wildman–Crippen MR) is 54.2 cm³/mol. The molecule has 1 aromatic rings. The van der Waals surface area contributed by atoms with Crippen LogP contribution in [0.2, 0.25) is 0 Å². The zero-order chi connectivity index (χ0) is 12.2. The quantitative estimate of drug-likeness (QED) is 0.815. The smallest absolute Gasteiger partial charge is 0.389 e. The van der Waals surface area contributed by atoms with Crippen LogP contribution in [0.15, 0.2) is 12.1 Å². The molecule has 0 saturated heterocycles. The first-order valence-corrected chi connectivity index (χ1v) is 4.81. The molecule has 0 aliphatic carbocycles. The summed E-state index contributed by atoms with van der Waals surface area (Å²) in [6.07, 6.45) is -5.10. The SMILES string of the molecule is Cc1ccc(N)c(OCCCC(F)(F)F)n1. The van der Waals surface area contributed by atoms with Gasteiger partial charge < -0.3 is 10.5 Å². The van der Waals surface area contributed by atoms with Crippen LogP contribution in [0.3, 0.4) is 0 Å². The molecule has 1 heterocycles. The third kappa shape index (κ3) is 4.37. The lowest BCUT2D eigenvalue weighted by molar-refractivity contribution is -0.136. The Hall–Kier alpha value is -1.46. The Morgan fingerprint density at radius 1 is 1.38 bits per heavy atom. The molecule has 0 amide bonds. The van der Waals surface area contributed by atoms with Gasteiger partial charge in [-0.15, -0.1) is 0 Å². The number of hydrogen-bond acceptors (Lipinski definition) is 3. The number of anilines is 1. The summed E-state index contributed by atoms with van der Waals surface area (Å²) in [7, 11) is 0. The highest BCUT2D eigenvalue weighted by Crippen LogP contribution is 2.22. The standard InChI is InChI=1S/C10H13F3N2O/c1-7-3-4-8(14)9(15-7)16-6-2-5-10(11,12)13/h3-4H,2,5-6,14H2,1H3. The van der Waals surface area contributed by atoms with Crippen LogP contribution in [-0.2, 0) is 0 Å². The van der Waals surface area contributed by atoms with Crippen molar-refractivity contribution < 1.29 is 17.9 Å². The van der Waals surface area contributed by atoms with Crippen LogP contribution >= 0.6 is 0 Å². The Morgan fingerprint density at radius 3 is 2.69 bits per heavy atom. The van der Waals surface area contributed by atoms with E-state index in [0.29, 0.717) is 11.4 Å². The lowest BCUT2D eigenvalue weighted by Gasteiger charge is -2.09. The number of rotatable bonds is 4. The Balaban J connectivity index is 2.40. The van der Waals surface area contributed by atoms with E-state index in [1.165, 1.54) is 0 Å². The summed E-state index contributed by atoms with van der Waals surface area (Å²) >= 11 is 0. The third-order valence-corrected chi connectivity index (χ3v) is 1.87. The Morgan fingerprint density at radius 2 is 2.06 bits per heavy atom. The van der Waals surface area contributed by atoms with Gasteiger partial charge in [0.15, 0.2) is 0 Å². The molecule has 2 N–H and O–H groups in total.